The summed E-state index contributed by atoms with van der Waals surface area (Å²) in [4.78, 5) is 4.19. The fraction of sp³-hybridized carbons (Fsp3) is 0.267. The Kier molecular flexibility index (Phi) is 5.45. The molecule has 0 radical (unpaired) electrons. The van der Waals surface area contributed by atoms with Crippen molar-refractivity contribution in [1.82, 2.24) is 10.3 Å². The second-order valence-electron chi connectivity index (χ2n) is 4.29. The first-order valence-electron chi connectivity index (χ1n) is 6.41. The van der Waals surface area contributed by atoms with Gasteiger partial charge in [0.1, 0.15) is 0 Å². The van der Waals surface area contributed by atoms with Crippen LogP contribution in [0.2, 0.25) is 0 Å². The summed E-state index contributed by atoms with van der Waals surface area (Å²) in [5.74, 6) is 0.313. The number of alkyl halides is 2. The van der Waals surface area contributed by atoms with E-state index in [0.29, 0.717) is 13.1 Å². The molecular weight excluding hydrogens is 278 g/mol. The Hall–Kier alpha value is -2.21. The lowest BCUT2D eigenvalue weighted by molar-refractivity contribution is -0.0512. The smallest absolute Gasteiger partial charge is 0.387 e. The second-order valence-corrected chi connectivity index (χ2v) is 4.29. The molecule has 1 aromatic carbocycles. The normalized spacial score (nSPS) is 10.7. The van der Waals surface area contributed by atoms with Gasteiger partial charge in [0.05, 0.1) is 12.8 Å². The zero-order valence-corrected chi connectivity index (χ0v) is 11.6. The molecule has 0 aliphatic heterocycles. The number of nitrogens with one attached hydrogen (secondary N) is 1. The molecule has 112 valence electrons. The fourth-order valence-electron chi connectivity index (χ4n) is 1.86. The highest BCUT2D eigenvalue weighted by Crippen LogP contribution is 2.29. The van der Waals surface area contributed by atoms with E-state index in [4.69, 9.17) is 4.74 Å². The zero-order valence-electron chi connectivity index (χ0n) is 11.6. The monoisotopic (exact) mass is 294 g/mol. The summed E-state index contributed by atoms with van der Waals surface area (Å²) >= 11 is 0. The number of methoxy groups -OCH3 is 1. The maximum absolute atomic E-state index is 12.3. The first-order chi connectivity index (χ1) is 10.2. The van der Waals surface area contributed by atoms with Gasteiger partial charge in [-0.2, -0.15) is 8.78 Å². The standard InChI is InChI=1S/C15H16F2N2O2/c1-20-13-6-5-11(8-14(13)21-15(16)17)9-18-10-12-4-2-3-7-19-12/h2-8,15,18H,9-10H2,1H3. The number of ether oxygens (including phenoxy) is 2. The minimum Gasteiger partial charge on any atom is -0.493 e. The number of aromatic nitrogens is 1. The third-order valence-electron chi connectivity index (χ3n) is 2.81. The van der Waals surface area contributed by atoms with Gasteiger partial charge in [-0.15, -0.1) is 0 Å². The summed E-state index contributed by atoms with van der Waals surface area (Å²) < 4.78 is 34.1. The Morgan fingerprint density at radius 3 is 2.67 bits per heavy atom. The summed E-state index contributed by atoms with van der Waals surface area (Å²) in [7, 11) is 1.41. The number of nitrogens with zero attached hydrogens (tertiary/aromatic N) is 1. The van der Waals surface area contributed by atoms with Crippen molar-refractivity contribution in [3.05, 3.63) is 53.9 Å². The van der Waals surface area contributed by atoms with E-state index in [9.17, 15) is 8.78 Å². The van der Waals surface area contributed by atoms with Crippen molar-refractivity contribution in [2.24, 2.45) is 0 Å². The molecule has 0 unspecified atom stereocenters. The van der Waals surface area contributed by atoms with Crippen LogP contribution in [0.5, 0.6) is 11.5 Å². The van der Waals surface area contributed by atoms with E-state index in [0.717, 1.165) is 11.3 Å². The van der Waals surface area contributed by atoms with Crippen molar-refractivity contribution in [3.63, 3.8) is 0 Å². The molecule has 1 N–H and O–H groups in total. The van der Waals surface area contributed by atoms with Crippen LogP contribution < -0.4 is 14.8 Å². The lowest BCUT2D eigenvalue weighted by atomic mass is 10.2. The van der Waals surface area contributed by atoms with Crippen molar-refractivity contribution >= 4 is 0 Å². The Bertz CT molecular complexity index is 565. The zero-order chi connectivity index (χ0) is 15.1. The van der Waals surface area contributed by atoms with Gasteiger partial charge in [-0.05, 0) is 29.8 Å². The van der Waals surface area contributed by atoms with Gasteiger partial charge in [-0.3, -0.25) is 4.98 Å². The van der Waals surface area contributed by atoms with Gasteiger partial charge < -0.3 is 14.8 Å². The summed E-state index contributed by atoms with van der Waals surface area (Å²) in [6.07, 6.45) is 1.72. The van der Waals surface area contributed by atoms with Gasteiger partial charge in [0.2, 0.25) is 0 Å². The van der Waals surface area contributed by atoms with E-state index in [1.54, 1.807) is 18.3 Å². The van der Waals surface area contributed by atoms with Crippen molar-refractivity contribution in [1.29, 1.82) is 0 Å². The van der Waals surface area contributed by atoms with Crippen LogP contribution in [0, 0.1) is 0 Å². The van der Waals surface area contributed by atoms with Crippen LogP contribution in [0.15, 0.2) is 42.6 Å². The van der Waals surface area contributed by atoms with E-state index in [-0.39, 0.29) is 11.5 Å². The Labute approximate surface area is 121 Å². The Morgan fingerprint density at radius 1 is 1.14 bits per heavy atom. The van der Waals surface area contributed by atoms with Gasteiger partial charge in [-0.1, -0.05) is 12.1 Å². The molecule has 0 fully saturated rings. The molecule has 6 heteroatoms. The van der Waals surface area contributed by atoms with Crippen molar-refractivity contribution in [3.8, 4) is 11.5 Å². The van der Waals surface area contributed by atoms with E-state index < -0.39 is 6.61 Å². The van der Waals surface area contributed by atoms with E-state index in [1.807, 2.05) is 18.2 Å². The number of hydrogen-bond donors (Lipinski definition) is 1. The van der Waals surface area contributed by atoms with Gasteiger partial charge in [0, 0.05) is 19.3 Å². The van der Waals surface area contributed by atoms with Crippen LogP contribution in [0.1, 0.15) is 11.3 Å². The first kappa shape index (κ1) is 15.2. The third-order valence-corrected chi connectivity index (χ3v) is 2.81. The molecule has 0 aliphatic carbocycles. The van der Waals surface area contributed by atoms with Crippen molar-refractivity contribution in [2.75, 3.05) is 7.11 Å². The van der Waals surface area contributed by atoms with Crippen molar-refractivity contribution in [2.45, 2.75) is 19.7 Å². The van der Waals surface area contributed by atoms with Gasteiger partial charge in [0.15, 0.2) is 11.5 Å². The summed E-state index contributed by atoms with van der Waals surface area (Å²) in [5, 5.41) is 3.19. The quantitative estimate of drug-likeness (QED) is 0.852. The van der Waals surface area contributed by atoms with Crippen LogP contribution in [0.4, 0.5) is 8.78 Å². The molecule has 0 saturated carbocycles. The molecule has 0 amide bonds. The molecule has 4 nitrogen and oxygen atoms in total. The first-order valence-corrected chi connectivity index (χ1v) is 6.41. The molecule has 1 heterocycles. The summed E-state index contributed by atoms with van der Waals surface area (Å²) in [6.45, 7) is -1.77. The minimum atomic E-state index is -2.88. The average molecular weight is 294 g/mol. The lowest BCUT2D eigenvalue weighted by Gasteiger charge is -2.12. The SMILES string of the molecule is COc1ccc(CNCc2ccccn2)cc1OC(F)F. The van der Waals surface area contributed by atoms with Gasteiger partial charge >= 0.3 is 6.61 Å². The van der Waals surface area contributed by atoms with Crippen LogP contribution in [-0.2, 0) is 13.1 Å². The van der Waals surface area contributed by atoms with E-state index in [1.165, 1.54) is 13.2 Å². The molecule has 0 saturated heterocycles. The van der Waals surface area contributed by atoms with E-state index in [2.05, 4.69) is 15.0 Å². The van der Waals surface area contributed by atoms with Gasteiger partial charge in [0.25, 0.3) is 0 Å². The van der Waals surface area contributed by atoms with Crippen LogP contribution in [-0.4, -0.2) is 18.7 Å². The molecule has 0 spiro atoms. The predicted molar refractivity (Wildman–Crippen MR) is 74.4 cm³/mol. The highest BCUT2D eigenvalue weighted by Gasteiger charge is 2.11. The van der Waals surface area contributed by atoms with Crippen LogP contribution >= 0.6 is 0 Å². The van der Waals surface area contributed by atoms with Crippen LogP contribution in [0.3, 0.4) is 0 Å². The maximum Gasteiger partial charge on any atom is 0.387 e. The number of benzene rings is 1. The lowest BCUT2D eigenvalue weighted by Crippen LogP contribution is -2.14. The number of halogens is 2. The highest BCUT2D eigenvalue weighted by molar-refractivity contribution is 5.43. The second kappa shape index (κ2) is 7.54. The van der Waals surface area contributed by atoms with Gasteiger partial charge in [-0.25, -0.2) is 0 Å². The molecular formula is C15H16F2N2O2. The topological polar surface area (TPSA) is 43.4 Å². The molecule has 1 aromatic heterocycles. The largest absolute Gasteiger partial charge is 0.493 e. The minimum absolute atomic E-state index is 0.0321. The Morgan fingerprint density at radius 2 is 2.00 bits per heavy atom. The highest BCUT2D eigenvalue weighted by atomic mass is 19.3. The number of hydrogen-bond acceptors (Lipinski definition) is 4. The Balaban J connectivity index is 1.96. The molecule has 0 bridgehead atoms. The van der Waals surface area contributed by atoms with E-state index >= 15 is 0 Å². The maximum atomic E-state index is 12.3. The third kappa shape index (κ3) is 4.68. The van der Waals surface area contributed by atoms with Crippen molar-refractivity contribution < 1.29 is 18.3 Å². The molecule has 21 heavy (non-hydrogen) atoms. The summed E-state index contributed by atoms with van der Waals surface area (Å²) in [6, 6.07) is 10.6. The molecule has 0 aliphatic rings. The van der Waals surface area contributed by atoms with Crippen LogP contribution in [0.25, 0.3) is 0 Å². The molecule has 2 aromatic rings. The average Bonchev–Trinajstić information content (AvgIpc) is 2.48. The molecule has 0 atom stereocenters. The number of pyridine rings is 1. The summed E-state index contributed by atoms with van der Waals surface area (Å²) in [5.41, 5.74) is 1.73. The fourth-order valence-corrected chi connectivity index (χ4v) is 1.86. The number of rotatable bonds is 7. The predicted octanol–water partition coefficient (Wildman–Crippen LogP) is 2.98. The molecule has 2 rings (SSSR count).